The molecule has 27 heavy (non-hydrogen) atoms. The van der Waals surface area contributed by atoms with E-state index in [1.165, 1.54) is 37.0 Å². The minimum absolute atomic E-state index is 0.138. The Labute approximate surface area is 180 Å². The van der Waals surface area contributed by atoms with Gasteiger partial charge in [-0.15, -0.1) is 0 Å². The molecule has 3 fully saturated rings. The molecule has 0 spiro atoms. The van der Waals surface area contributed by atoms with Crippen molar-refractivity contribution in [3.8, 4) is 0 Å². The molecule has 2 bridgehead atoms. The molecule has 0 aromatic carbocycles. The first kappa shape index (κ1) is 20.3. The number of rotatable bonds is 0. The van der Waals surface area contributed by atoms with Crippen LogP contribution in [0.1, 0.15) is 70.6 Å². The van der Waals surface area contributed by atoms with Crippen LogP contribution in [0, 0.1) is 11.8 Å². The van der Waals surface area contributed by atoms with Gasteiger partial charge in [0.25, 0.3) is 0 Å². The molecular weight excluding hydrogens is 494 g/mol. The number of halogens is 2. The van der Waals surface area contributed by atoms with Crippen molar-refractivity contribution in [1.29, 1.82) is 0 Å². The van der Waals surface area contributed by atoms with E-state index in [1.807, 2.05) is 0 Å². The average molecular weight is 521 g/mol. The Hall–Kier alpha value is -0.0100. The summed E-state index contributed by atoms with van der Waals surface area (Å²) in [4.78, 5) is 27.4. The Balaban J connectivity index is 1.81. The van der Waals surface area contributed by atoms with Gasteiger partial charge in [-0.2, -0.15) is 0 Å². The van der Waals surface area contributed by atoms with Crippen LogP contribution in [-0.4, -0.2) is 37.5 Å². The fourth-order valence-electron chi connectivity index (χ4n) is 5.84. The predicted octanol–water partition coefficient (Wildman–Crippen LogP) is 4.78. The maximum atomic E-state index is 14.0. The Morgan fingerprint density at radius 3 is 1.48 bits per heavy atom. The van der Waals surface area contributed by atoms with Gasteiger partial charge in [-0.3, -0.25) is 18.7 Å². The first-order chi connectivity index (χ1) is 12.9. The molecule has 7 heteroatoms. The fourth-order valence-corrected chi connectivity index (χ4v) is 11.4. The highest BCUT2D eigenvalue weighted by Gasteiger charge is 2.79. The van der Waals surface area contributed by atoms with Gasteiger partial charge in [0.15, 0.2) is 0 Å². The second-order valence-electron chi connectivity index (χ2n) is 8.55. The zero-order chi connectivity index (χ0) is 19.4. The van der Waals surface area contributed by atoms with Crippen LogP contribution in [0.15, 0.2) is 8.96 Å². The molecule has 150 valence electrons. The molecule has 4 atom stereocenters. The van der Waals surface area contributed by atoms with E-state index < -0.39 is 32.1 Å². The van der Waals surface area contributed by atoms with Gasteiger partial charge in [0.05, 0.1) is 21.3 Å². The minimum Gasteiger partial charge on any atom is -0.285 e. The number of carbonyl (C=O) groups excluding carboxylic acids is 2. The number of carbonyl (C=O) groups is 2. The molecule has 4 aliphatic rings. The molecule has 0 N–H and O–H groups in total. The molecule has 0 aliphatic carbocycles. The highest BCUT2D eigenvalue weighted by Crippen LogP contribution is 2.70. The lowest BCUT2D eigenvalue weighted by Gasteiger charge is -2.33. The molecule has 0 aromatic rings. The number of amides is 2. The van der Waals surface area contributed by atoms with Gasteiger partial charge >= 0.3 is 0 Å². The molecular formula is C20H27Br2NO3S. The normalized spacial score (nSPS) is 43.2. The summed E-state index contributed by atoms with van der Waals surface area (Å²) >= 11 is 7.49. The minimum atomic E-state index is -1.27. The summed E-state index contributed by atoms with van der Waals surface area (Å²) in [7, 11) is 0.319. The Bertz CT molecular complexity index is 683. The van der Waals surface area contributed by atoms with Crippen LogP contribution in [0.3, 0.4) is 0 Å². The SMILES string of the molecule is CN1C(=O)C2C(C1=O)C13CCCCCCCCCCCC2(C(Br)=C1Br)S3=O. The largest absolute Gasteiger partial charge is 0.285 e. The van der Waals surface area contributed by atoms with Gasteiger partial charge < -0.3 is 0 Å². The topological polar surface area (TPSA) is 54.5 Å². The van der Waals surface area contributed by atoms with E-state index in [2.05, 4.69) is 31.9 Å². The van der Waals surface area contributed by atoms with Gasteiger partial charge in [0, 0.05) is 26.8 Å². The lowest BCUT2D eigenvalue weighted by atomic mass is 9.69. The first-order valence-corrected chi connectivity index (χ1v) is 12.9. The second-order valence-corrected chi connectivity index (χ2v) is 12.1. The first-order valence-electron chi connectivity index (χ1n) is 10.2. The summed E-state index contributed by atoms with van der Waals surface area (Å²) in [5, 5.41) is 0. The smallest absolute Gasteiger partial charge is 0.234 e. The molecule has 4 nitrogen and oxygen atoms in total. The molecule has 0 saturated carbocycles. The third-order valence-corrected chi connectivity index (χ3v) is 13.1. The number of fused-ring (bicyclic) bond motifs is 1. The lowest BCUT2D eigenvalue weighted by Crippen LogP contribution is -2.42. The van der Waals surface area contributed by atoms with E-state index in [1.54, 1.807) is 7.05 Å². The van der Waals surface area contributed by atoms with Crippen molar-refractivity contribution < 1.29 is 13.8 Å². The molecule has 0 radical (unpaired) electrons. The maximum absolute atomic E-state index is 14.0. The Morgan fingerprint density at radius 1 is 0.778 bits per heavy atom. The number of hydrogen-bond acceptors (Lipinski definition) is 3. The molecule has 4 rings (SSSR count). The van der Waals surface area contributed by atoms with Crippen molar-refractivity contribution in [2.75, 3.05) is 7.05 Å². The highest BCUT2D eigenvalue weighted by atomic mass is 79.9. The number of nitrogens with zero attached hydrogens (tertiary/aromatic N) is 1. The quantitative estimate of drug-likeness (QED) is 0.432. The molecule has 4 unspecified atom stereocenters. The second kappa shape index (κ2) is 7.35. The maximum Gasteiger partial charge on any atom is 0.234 e. The molecule has 0 aromatic heterocycles. The third kappa shape index (κ3) is 2.59. The van der Waals surface area contributed by atoms with E-state index >= 15 is 0 Å². The summed E-state index contributed by atoms with van der Waals surface area (Å²) < 4.78 is 14.3. The van der Waals surface area contributed by atoms with Crippen molar-refractivity contribution in [3.63, 3.8) is 0 Å². The van der Waals surface area contributed by atoms with Gasteiger partial charge in [-0.25, -0.2) is 0 Å². The summed E-state index contributed by atoms with van der Waals surface area (Å²) in [6.45, 7) is 0. The van der Waals surface area contributed by atoms with Crippen LogP contribution in [0.2, 0.25) is 0 Å². The monoisotopic (exact) mass is 519 g/mol. The number of hydrogen-bond donors (Lipinski definition) is 0. The van der Waals surface area contributed by atoms with E-state index in [4.69, 9.17) is 0 Å². The van der Waals surface area contributed by atoms with Gasteiger partial charge in [0.1, 0.15) is 0 Å². The molecule has 3 saturated heterocycles. The van der Waals surface area contributed by atoms with Crippen LogP contribution < -0.4 is 0 Å². The zero-order valence-corrected chi connectivity index (χ0v) is 19.8. The van der Waals surface area contributed by atoms with Crippen LogP contribution in [0.25, 0.3) is 0 Å². The van der Waals surface area contributed by atoms with Crippen molar-refractivity contribution in [1.82, 2.24) is 4.90 Å². The van der Waals surface area contributed by atoms with Crippen molar-refractivity contribution >= 4 is 54.5 Å². The Kier molecular flexibility index (Phi) is 5.52. The Morgan fingerprint density at radius 2 is 1.11 bits per heavy atom. The molecule has 2 amide bonds. The summed E-state index contributed by atoms with van der Waals surface area (Å²) in [6.07, 6.45) is 11.7. The lowest BCUT2D eigenvalue weighted by molar-refractivity contribution is -0.138. The third-order valence-electron chi connectivity index (χ3n) is 7.23. The fraction of sp³-hybridized carbons (Fsp3) is 0.800. The number of imide groups is 1. The van der Waals surface area contributed by atoms with Gasteiger partial charge in [-0.05, 0) is 12.8 Å². The van der Waals surface area contributed by atoms with Gasteiger partial charge in [-0.1, -0.05) is 89.6 Å². The number of likely N-dealkylation sites (tertiary alicyclic amines) is 1. The molecule has 4 heterocycles. The van der Waals surface area contributed by atoms with Crippen LogP contribution in [-0.2, 0) is 20.4 Å². The summed E-state index contributed by atoms with van der Waals surface area (Å²) in [6, 6.07) is 0. The summed E-state index contributed by atoms with van der Waals surface area (Å²) in [5.74, 6) is -1.23. The summed E-state index contributed by atoms with van der Waals surface area (Å²) in [5.41, 5.74) is 0. The van der Waals surface area contributed by atoms with E-state index in [0.29, 0.717) is 12.8 Å². The van der Waals surface area contributed by atoms with Crippen molar-refractivity contribution in [2.45, 2.75) is 80.1 Å². The van der Waals surface area contributed by atoms with E-state index in [9.17, 15) is 13.8 Å². The van der Waals surface area contributed by atoms with Crippen molar-refractivity contribution in [3.05, 3.63) is 8.96 Å². The van der Waals surface area contributed by atoms with Crippen molar-refractivity contribution in [2.24, 2.45) is 11.8 Å². The van der Waals surface area contributed by atoms with Gasteiger partial charge in [0.2, 0.25) is 11.8 Å². The van der Waals surface area contributed by atoms with E-state index in [0.717, 1.165) is 34.6 Å². The average Bonchev–Trinajstić information content (AvgIpc) is 3.08. The van der Waals surface area contributed by atoms with Crippen LogP contribution >= 0.6 is 31.9 Å². The predicted molar refractivity (Wildman–Crippen MR) is 114 cm³/mol. The highest BCUT2D eigenvalue weighted by molar-refractivity contribution is 9.14. The zero-order valence-electron chi connectivity index (χ0n) is 15.8. The van der Waals surface area contributed by atoms with Crippen LogP contribution in [0.5, 0.6) is 0 Å². The standard InChI is InChI=1S/C20H27Br2NO3S/c1-23-17(24)13-14(18(23)25)20-12-10-8-6-4-2-3-5-7-9-11-19(13,27(20)26)15(21)16(20)22/h13-14H,2-12H2,1H3. The van der Waals surface area contributed by atoms with E-state index in [-0.39, 0.29) is 11.8 Å². The van der Waals surface area contributed by atoms with Crippen LogP contribution in [0.4, 0.5) is 0 Å². The molecule has 4 aliphatic heterocycles.